The Bertz CT molecular complexity index is 576. The first kappa shape index (κ1) is 22.3. The smallest absolute Gasteiger partial charge is 0.194 e. The van der Waals surface area contributed by atoms with E-state index in [2.05, 4.69) is 60.2 Å². The van der Waals surface area contributed by atoms with Crippen molar-refractivity contribution in [2.45, 2.75) is 33.7 Å². The van der Waals surface area contributed by atoms with Crippen molar-refractivity contribution in [1.82, 2.24) is 10.2 Å². The summed E-state index contributed by atoms with van der Waals surface area (Å²) in [6, 6.07) is 8.85. The Labute approximate surface area is 181 Å². The SMILES string of the molecule is CCNC(=NCc1ccc(N2CCOCC2)cc1)N1CC(C)CC(C)C1.I. The van der Waals surface area contributed by atoms with Crippen molar-refractivity contribution < 1.29 is 4.74 Å². The number of piperidine rings is 1. The number of rotatable bonds is 4. The van der Waals surface area contributed by atoms with Crippen LogP contribution in [0.3, 0.4) is 0 Å². The Morgan fingerprint density at radius 2 is 1.74 bits per heavy atom. The number of hydrogen-bond acceptors (Lipinski definition) is 3. The van der Waals surface area contributed by atoms with Crippen molar-refractivity contribution >= 4 is 35.6 Å². The van der Waals surface area contributed by atoms with Gasteiger partial charge in [-0.1, -0.05) is 26.0 Å². The Balaban J connectivity index is 0.00000261. The molecule has 3 rings (SSSR count). The van der Waals surface area contributed by atoms with E-state index in [-0.39, 0.29) is 24.0 Å². The second kappa shape index (κ2) is 11.1. The van der Waals surface area contributed by atoms with Crippen LogP contribution in [0.5, 0.6) is 0 Å². The van der Waals surface area contributed by atoms with Crippen LogP contribution in [-0.2, 0) is 11.3 Å². The minimum Gasteiger partial charge on any atom is -0.378 e. The van der Waals surface area contributed by atoms with E-state index in [4.69, 9.17) is 9.73 Å². The molecule has 0 saturated carbocycles. The van der Waals surface area contributed by atoms with E-state index in [1.54, 1.807) is 0 Å². The Kier molecular flexibility index (Phi) is 9.15. The highest BCUT2D eigenvalue weighted by Crippen LogP contribution is 2.21. The standard InChI is InChI=1S/C21H34N4O.HI/c1-4-22-21(25-15-17(2)13-18(3)16-25)23-14-19-5-7-20(8-6-19)24-9-11-26-12-10-24;/h5-8,17-18H,4,9-16H2,1-3H3,(H,22,23);1H. The Hall–Kier alpha value is -1.02. The molecule has 2 heterocycles. The number of halogens is 1. The number of nitrogens with one attached hydrogen (secondary N) is 1. The second-order valence-corrected chi connectivity index (χ2v) is 7.79. The first-order valence-corrected chi connectivity index (χ1v) is 10.1. The molecule has 0 aliphatic carbocycles. The third-order valence-corrected chi connectivity index (χ3v) is 5.23. The minimum absolute atomic E-state index is 0. The zero-order valence-corrected chi connectivity index (χ0v) is 19.3. The molecule has 6 heteroatoms. The fourth-order valence-corrected chi connectivity index (χ4v) is 4.06. The molecule has 0 radical (unpaired) electrons. The summed E-state index contributed by atoms with van der Waals surface area (Å²) < 4.78 is 5.43. The fourth-order valence-electron chi connectivity index (χ4n) is 4.06. The predicted molar refractivity (Wildman–Crippen MR) is 124 cm³/mol. The highest BCUT2D eigenvalue weighted by Gasteiger charge is 2.23. The van der Waals surface area contributed by atoms with E-state index in [1.165, 1.54) is 17.7 Å². The largest absolute Gasteiger partial charge is 0.378 e. The molecule has 0 spiro atoms. The van der Waals surface area contributed by atoms with Gasteiger partial charge in [0, 0.05) is 38.4 Å². The summed E-state index contributed by atoms with van der Waals surface area (Å²) >= 11 is 0. The first-order valence-electron chi connectivity index (χ1n) is 10.1. The van der Waals surface area contributed by atoms with Gasteiger partial charge in [0.15, 0.2) is 5.96 Å². The first-order chi connectivity index (χ1) is 12.7. The van der Waals surface area contributed by atoms with E-state index in [9.17, 15) is 0 Å². The highest BCUT2D eigenvalue weighted by molar-refractivity contribution is 14.0. The van der Waals surface area contributed by atoms with Crippen molar-refractivity contribution in [2.75, 3.05) is 50.8 Å². The van der Waals surface area contributed by atoms with Crippen LogP contribution >= 0.6 is 24.0 Å². The summed E-state index contributed by atoms with van der Waals surface area (Å²) in [5, 5.41) is 3.48. The lowest BCUT2D eigenvalue weighted by atomic mass is 9.92. The van der Waals surface area contributed by atoms with E-state index in [0.717, 1.165) is 70.3 Å². The normalized spacial score (nSPS) is 23.7. The molecule has 2 saturated heterocycles. The van der Waals surface area contributed by atoms with Crippen LogP contribution in [0.1, 0.15) is 32.8 Å². The van der Waals surface area contributed by atoms with Crippen LogP contribution in [0.2, 0.25) is 0 Å². The minimum atomic E-state index is 0. The molecule has 2 fully saturated rings. The molecule has 0 bridgehead atoms. The molecular formula is C21H35IN4O. The number of nitrogens with zero attached hydrogens (tertiary/aromatic N) is 3. The zero-order valence-electron chi connectivity index (χ0n) is 17.0. The van der Waals surface area contributed by atoms with Gasteiger partial charge in [0.25, 0.3) is 0 Å². The fraction of sp³-hybridized carbons (Fsp3) is 0.667. The van der Waals surface area contributed by atoms with E-state index >= 15 is 0 Å². The van der Waals surface area contributed by atoms with Crippen molar-refractivity contribution in [3.05, 3.63) is 29.8 Å². The van der Waals surface area contributed by atoms with Gasteiger partial charge in [-0.15, -0.1) is 24.0 Å². The molecule has 1 N–H and O–H groups in total. The lowest BCUT2D eigenvalue weighted by Crippen LogP contribution is -2.48. The lowest BCUT2D eigenvalue weighted by Gasteiger charge is -2.37. The molecule has 2 aliphatic rings. The summed E-state index contributed by atoms with van der Waals surface area (Å²) in [5.41, 5.74) is 2.54. The van der Waals surface area contributed by atoms with Crippen LogP contribution in [0, 0.1) is 11.8 Å². The van der Waals surface area contributed by atoms with Gasteiger partial charge < -0.3 is 19.9 Å². The third kappa shape index (κ3) is 6.52. The highest BCUT2D eigenvalue weighted by atomic mass is 127. The maximum Gasteiger partial charge on any atom is 0.194 e. The van der Waals surface area contributed by atoms with Crippen LogP contribution < -0.4 is 10.2 Å². The summed E-state index contributed by atoms with van der Waals surface area (Å²) in [5.74, 6) is 2.52. The molecule has 0 amide bonds. The van der Waals surface area contributed by atoms with Gasteiger partial charge >= 0.3 is 0 Å². The van der Waals surface area contributed by atoms with Crippen molar-refractivity contribution in [1.29, 1.82) is 0 Å². The van der Waals surface area contributed by atoms with Gasteiger partial charge in [0.2, 0.25) is 0 Å². The predicted octanol–water partition coefficient (Wildman–Crippen LogP) is 3.58. The molecule has 27 heavy (non-hydrogen) atoms. The van der Waals surface area contributed by atoms with Gasteiger partial charge in [-0.3, -0.25) is 0 Å². The number of anilines is 1. The van der Waals surface area contributed by atoms with Gasteiger partial charge in [-0.05, 0) is 42.9 Å². The number of hydrogen-bond donors (Lipinski definition) is 1. The second-order valence-electron chi connectivity index (χ2n) is 7.79. The molecule has 2 atom stereocenters. The van der Waals surface area contributed by atoms with E-state index in [1.807, 2.05) is 0 Å². The van der Waals surface area contributed by atoms with Gasteiger partial charge in [-0.2, -0.15) is 0 Å². The summed E-state index contributed by atoms with van der Waals surface area (Å²) in [7, 11) is 0. The maximum absolute atomic E-state index is 5.43. The number of benzene rings is 1. The van der Waals surface area contributed by atoms with Crippen molar-refractivity contribution in [3.63, 3.8) is 0 Å². The van der Waals surface area contributed by atoms with E-state index in [0.29, 0.717) is 0 Å². The monoisotopic (exact) mass is 486 g/mol. The molecule has 2 unspecified atom stereocenters. The average Bonchev–Trinajstić information content (AvgIpc) is 2.65. The van der Waals surface area contributed by atoms with Crippen LogP contribution in [-0.4, -0.2) is 56.8 Å². The van der Waals surface area contributed by atoms with E-state index < -0.39 is 0 Å². The van der Waals surface area contributed by atoms with Crippen LogP contribution in [0.25, 0.3) is 0 Å². The third-order valence-electron chi connectivity index (χ3n) is 5.23. The molecule has 5 nitrogen and oxygen atoms in total. The number of guanidine groups is 1. The van der Waals surface area contributed by atoms with Crippen molar-refractivity contribution in [3.8, 4) is 0 Å². The molecule has 1 aromatic rings. The average molecular weight is 486 g/mol. The lowest BCUT2D eigenvalue weighted by molar-refractivity contribution is 0.122. The summed E-state index contributed by atoms with van der Waals surface area (Å²) in [4.78, 5) is 9.74. The van der Waals surface area contributed by atoms with Crippen molar-refractivity contribution in [2.24, 2.45) is 16.8 Å². The van der Waals surface area contributed by atoms with Crippen LogP contribution in [0.4, 0.5) is 5.69 Å². The Morgan fingerprint density at radius 1 is 1.11 bits per heavy atom. The quantitative estimate of drug-likeness (QED) is 0.401. The molecule has 2 aliphatic heterocycles. The van der Waals surface area contributed by atoms with Gasteiger partial charge in [0.05, 0.1) is 19.8 Å². The number of aliphatic imine (C=N–C) groups is 1. The zero-order chi connectivity index (χ0) is 18.4. The molecule has 152 valence electrons. The van der Waals surface area contributed by atoms with Crippen LogP contribution in [0.15, 0.2) is 29.3 Å². The summed E-state index contributed by atoms with van der Waals surface area (Å²) in [6.45, 7) is 14.3. The maximum atomic E-state index is 5.43. The Morgan fingerprint density at radius 3 is 2.33 bits per heavy atom. The molecule has 1 aromatic carbocycles. The van der Waals surface area contributed by atoms with Gasteiger partial charge in [0.1, 0.15) is 0 Å². The number of morpholine rings is 1. The molecule has 0 aromatic heterocycles. The topological polar surface area (TPSA) is 40.1 Å². The summed E-state index contributed by atoms with van der Waals surface area (Å²) in [6.07, 6.45) is 1.32. The molecular weight excluding hydrogens is 451 g/mol. The number of likely N-dealkylation sites (tertiary alicyclic amines) is 1. The number of ether oxygens (including phenoxy) is 1. The van der Waals surface area contributed by atoms with Gasteiger partial charge in [-0.25, -0.2) is 4.99 Å².